The topological polar surface area (TPSA) is 78.3 Å². The molecule has 0 spiro atoms. The first-order chi connectivity index (χ1) is 14.2. The predicted molar refractivity (Wildman–Crippen MR) is 111 cm³/mol. The van der Waals surface area contributed by atoms with Gasteiger partial charge < -0.3 is 14.8 Å². The Kier molecular flexibility index (Phi) is 5.11. The molecule has 7 nitrogen and oxygen atoms in total. The highest BCUT2D eigenvalue weighted by molar-refractivity contribution is 6.05. The molecule has 0 saturated heterocycles. The van der Waals surface area contributed by atoms with Crippen LogP contribution in [0.15, 0.2) is 66.7 Å². The van der Waals surface area contributed by atoms with Crippen LogP contribution in [0.1, 0.15) is 15.9 Å². The van der Waals surface area contributed by atoms with Crippen LogP contribution < -0.4 is 14.8 Å². The summed E-state index contributed by atoms with van der Waals surface area (Å²) in [4.78, 5) is 12.6. The number of benzene rings is 3. The van der Waals surface area contributed by atoms with Gasteiger partial charge in [0, 0.05) is 17.3 Å². The maximum atomic E-state index is 12.6. The summed E-state index contributed by atoms with van der Waals surface area (Å²) in [6, 6.07) is 20.4. The largest absolute Gasteiger partial charge is 0.497 e. The third-order valence-electron chi connectivity index (χ3n) is 4.57. The SMILES string of the molecule is COc1cccc(Cn2nnc3cc(C(=O)Nc4cccc(OC)c4)ccc32)c1. The lowest BCUT2D eigenvalue weighted by atomic mass is 10.1. The number of nitrogens with zero attached hydrogens (tertiary/aromatic N) is 3. The second-order valence-corrected chi connectivity index (χ2v) is 6.49. The van der Waals surface area contributed by atoms with Gasteiger partial charge in [0.2, 0.25) is 0 Å². The monoisotopic (exact) mass is 388 g/mol. The van der Waals surface area contributed by atoms with Crippen molar-refractivity contribution in [2.45, 2.75) is 6.54 Å². The molecule has 4 rings (SSSR count). The van der Waals surface area contributed by atoms with Gasteiger partial charge in [-0.1, -0.05) is 23.4 Å². The molecule has 0 aliphatic carbocycles. The Morgan fingerprint density at radius 1 is 0.966 bits per heavy atom. The molecule has 0 fully saturated rings. The van der Waals surface area contributed by atoms with E-state index in [1.54, 1.807) is 37.1 Å². The number of ether oxygens (including phenoxy) is 2. The van der Waals surface area contributed by atoms with E-state index in [9.17, 15) is 4.79 Å². The molecular formula is C22H20N4O3. The Morgan fingerprint density at radius 3 is 2.52 bits per heavy atom. The van der Waals surface area contributed by atoms with E-state index in [-0.39, 0.29) is 5.91 Å². The van der Waals surface area contributed by atoms with Gasteiger partial charge in [-0.25, -0.2) is 4.68 Å². The van der Waals surface area contributed by atoms with Crippen molar-refractivity contribution in [3.8, 4) is 11.5 Å². The fraction of sp³-hybridized carbons (Fsp3) is 0.136. The van der Waals surface area contributed by atoms with Gasteiger partial charge in [0.25, 0.3) is 5.91 Å². The molecule has 0 bridgehead atoms. The quantitative estimate of drug-likeness (QED) is 0.544. The van der Waals surface area contributed by atoms with Crippen LogP contribution in [0.25, 0.3) is 11.0 Å². The van der Waals surface area contributed by atoms with Crippen LogP contribution in [0.2, 0.25) is 0 Å². The van der Waals surface area contributed by atoms with Crippen molar-refractivity contribution in [1.29, 1.82) is 0 Å². The van der Waals surface area contributed by atoms with Crippen LogP contribution in [-0.2, 0) is 6.54 Å². The van der Waals surface area contributed by atoms with E-state index in [4.69, 9.17) is 9.47 Å². The van der Waals surface area contributed by atoms with E-state index in [0.717, 1.165) is 16.8 Å². The second kappa shape index (κ2) is 8.02. The minimum Gasteiger partial charge on any atom is -0.497 e. The highest BCUT2D eigenvalue weighted by Gasteiger charge is 2.11. The van der Waals surface area contributed by atoms with Crippen molar-refractivity contribution in [3.05, 3.63) is 77.9 Å². The Morgan fingerprint density at radius 2 is 1.72 bits per heavy atom. The summed E-state index contributed by atoms with van der Waals surface area (Å²) in [6.45, 7) is 0.559. The van der Waals surface area contributed by atoms with E-state index in [2.05, 4.69) is 15.6 Å². The Hall–Kier alpha value is -3.87. The molecule has 29 heavy (non-hydrogen) atoms. The van der Waals surface area contributed by atoms with Gasteiger partial charge in [0.05, 0.1) is 26.3 Å². The number of fused-ring (bicyclic) bond motifs is 1. The fourth-order valence-electron chi connectivity index (χ4n) is 3.08. The van der Waals surface area contributed by atoms with Gasteiger partial charge in [0.1, 0.15) is 17.0 Å². The third kappa shape index (κ3) is 4.03. The van der Waals surface area contributed by atoms with Crippen molar-refractivity contribution in [1.82, 2.24) is 15.0 Å². The first kappa shape index (κ1) is 18.5. The number of carbonyl (C=O) groups is 1. The van der Waals surface area contributed by atoms with Gasteiger partial charge in [-0.15, -0.1) is 5.10 Å². The average Bonchev–Trinajstić information content (AvgIpc) is 3.16. The predicted octanol–water partition coefficient (Wildman–Crippen LogP) is 3.75. The van der Waals surface area contributed by atoms with Crippen LogP contribution in [0.4, 0.5) is 5.69 Å². The lowest BCUT2D eigenvalue weighted by Gasteiger charge is -2.07. The summed E-state index contributed by atoms with van der Waals surface area (Å²) in [5, 5.41) is 11.3. The van der Waals surface area contributed by atoms with Crippen molar-refractivity contribution >= 4 is 22.6 Å². The minimum atomic E-state index is -0.220. The lowest BCUT2D eigenvalue weighted by Crippen LogP contribution is -2.11. The van der Waals surface area contributed by atoms with Gasteiger partial charge in [-0.2, -0.15) is 0 Å². The molecule has 0 atom stereocenters. The summed E-state index contributed by atoms with van der Waals surface area (Å²) in [6.07, 6.45) is 0. The molecule has 0 unspecified atom stereocenters. The molecule has 1 amide bonds. The van der Waals surface area contributed by atoms with Crippen molar-refractivity contribution < 1.29 is 14.3 Å². The summed E-state index contributed by atoms with van der Waals surface area (Å²) < 4.78 is 12.3. The normalized spacial score (nSPS) is 10.7. The third-order valence-corrected chi connectivity index (χ3v) is 4.57. The molecule has 0 saturated carbocycles. The molecule has 0 aliphatic rings. The number of hydrogen-bond donors (Lipinski definition) is 1. The lowest BCUT2D eigenvalue weighted by molar-refractivity contribution is 0.102. The zero-order valence-corrected chi connectivity index (χ0v) is 16.1. The van der Waals surface area contributed by atoms with Gasteiger partial charge in [-0.3, -0.25) is 4.79 Å². The number of carbonyl (C=O) groups excluding carboxylic acids is 1. The summed E-state index contributed by atoms with van der Waals surface area (Å²) >= 11 is 0. The standard InChI is InChI=1S/C22H20N4O3/c1-28-18-7-3-5-15(11-18)14-26-21-10-9-16(12-20(21)24-25-26)22(27)23-17-6-4-8-19(13-17)29-2/h3-13H,14H2,1-2H3,(H,23,27). The minimum absolute atomic E-state index is 0.220. The fourth-order valence-corrected chi connectivity index (χ4v) is 3.08. The maximum Gasteiger partial charge on any atom is 0.255 e. The van der Waals surface area contributed by atoms with E-state index in [0.29, 0.717) is 29.1 Å². The van der Waals surface area contributed by atoms with Crippen LogP contribution in [0, 0.1) is 0 Å². The first-order valence-corrected chi connectivity index (χ1v) is 9.08. The number of amides is 1. The number of rotatable bonds is 6. The number of anilines is 1. The number of hydrogen-bond acceptors (Lipinski definition) is 5. The molecule has 7 heteroatoms. The van der Waals surface area contributed by atoms with Crippen LogP contribution in [0.3, 0.4) is 0 Å². The summed E-state index contributed by atoms with van der Waals surface area (Å²) in [5.74, 6) is 1.25. The smallest absolute Gasteiger partial charge is 0.255 e. The molecule has 0 aliphatic heterocycles. The van der Waals surface area contributed by atoms with Crippen molar-refractivity contribution in [2.24, 2.45) is 0 Å². The first-order valence-electron chi connectivity index (χ1n) is 9.08. The van der Waals surface area contributed by atoms with Gasteiger partial charge in [-0.05, 0) is 48.0 Å². The number of nitrogens with one attached hydrogen (secondary N) is 1. The highest BCUT2D eigenvalue weighted by Crippen LogP contribution is 2.20. The van der Waals surface area contributed by atoms with E-state index >= 15 is 0 Å². The molecule has 4 aromatic rings. The summed E-state index contributed by atoms with van der Waals surface area (Å²) in [5.41, 5.74) is 3.73. The van der Waals surface area contributed by atoms with Crippen LogP contribution in [0.5, 0.6) is 11.5 Å². The molecule has 146 valence electrons. The molecule has 0 radical (unpaired) electrons. The Balaban J connectivity index is 1.54. The molecule has 1 N–H and O–H groups in total. The second-order valence-electron chi connectivity index (χ2n) is 6.49. The van der Waals surface area contributed by atoms with Crippen molar-refractivity contribution in [3.63, 3.8) is 0 Å². The van der Waals surface area contributed by atoms with Crippen molar-refractivity contribution in [2.75, 3.05) is 19.5 Å². The van der Waals surface area contributed by atoms with E-state index in [1.165, 1.54) is 0 Å². The van der Waals surface area contributed by atoms with Gasteiger partial charge >= 0.3 is 0 Å². The van der Waals surface area contributed by atoms with E-state index < -0.39 is 0 Å². The highest BCUT2D eigenvalue weighted by atomic mass is 16.5. The molecular weight excluding hydrogens is 368 g/mol. The van der Waals surface area contributed by atoms with Crippen LogP contribution in [-0.4, -0.2) is 35.1 Å². The van der Waals surface area contributed by atoms with Gasteiger partial charge in [0.15, 0.2) is 0 Å². The Bertz CT molecular complexity index is 1170. The number of methoxy groups -OCH3 is 2. The maximum absolute atomic E-state index is 12.6. The summed E-state index contributed by atoms with van der Waals surface area (Å²) in [7, 11) is 3.23. The number of aromatic nitrogens is 3. The molecule has 3 aromatic carbocycles. The average molecular weight is 388 g/mol. The zero-order chi connectivity index (χ0) is 20.2. The Labute approximate surface area is 167 Å². The zero-order valence-electron chi connectivity index (χ0n) is 16.1. The molecule has 1 heterocycles. The van der Waals surface area contributed by atoms with E-state index in [1.807, 2.05) is 48.5 Å². The molecule has 1 aromatic heterocycles. The van der Waals surface area contributed by atoms with Crippen LogP contribution >= 0.6 is 0 Å².